The number of hydroxylamine groups is 1. The number of hydrogen-bond acceptors (Lipinski definition) is 4. The molecular weight excluding hydrogens is 330 g/mol. The summed E-state index contributed by atoms with van der Waals surface area (Å²) in [5.74, 6) is -0.644. The first-order valence-corrected chi connectivity index (χ1v) is 8.86. The number of hydrogen-bond donors (Lipinski definition) is 1. The fraction of sp³-hybridized carbons (Fsp3) is 0.333. The third-order valence-electron chi connectivity index (χ3n) is 4.72. The lowest BCUT2D eigenvalue weighted by Crippen LogP contribution is -2.35. The van der Waals surface area contributed by atoms with Crippen molar-refractivity contribution in [3.05, 3.63) is 77.0 Å². The molecule has 2 aromatic rings. The van der Waals surface area contributed by atoms with Crippen molar-refractivity contribution in [3.63, 3.8) is 0 Å². The smallest absolute Gasteiger partial charge is 0.310 e. The highest BCUT2D eigenvalue weighted by atomic mass is 16.5. The average molecular weight is 353 g/mol. The summed E-state index contributed by atoms with van der Waals surface area (Å²) < 4.78 is 6.27. The second-order valence-electron chi connectivity index (χ2n) is 6.62. The first-order chi connectivity index (χ1) is 12.6. The van der Waals surface area contributed by atoms with E-state index in [1.807, 2.05) is 60.7 Å². The molecule has 0 aromatic heterocycles. The van der Waals surface area contributed by atoms with Crippen LogP contribution in [0.4, 0.5) is 0 Å². The normalized spacial score (nSPS) is 20.9. The molecule has 0 fully saturated rings. The largest absolute Gasteiger partial charge is 0.624 e. The lowest BCUT2D eigenvalue weighted by molar-refractivity contribution is -0.508. The van der Waals surface area contributed by atoms with Gasteiger partial charge in [0.25, 0.3) is 0 Å². The van der Waals surface area contributed by atoms with E-state index in [9.17, 15) is 15.1 Å². The standard InChI is InChI=1S/C21H23NO4/c23-20(17-9-5-2-6-10-17)14-19-13-18(11-12-22(19)25)21(24)26-15-16-7-3-1-4-8-16/h1-10,12,18-20,23H,11,13-15H2/t18-,19?,20-/m0/s1. The number of nitrogens with zero attached hydrogens (tertiary/aromatic N) is 1. The zero-order valence-electron chi connectivity index (χ0n) is 14.5. The van der Waals surface area contributed by atoms with Crippen molar-refractivity contribution in [2.75, 3.05) is 0 Å². The van der Waals surface area contributed by atoms with Crippen LogP contribution >= 0.6 is 0 Å². The minimum absolute atomic E-state index is 0.231. The van der Waals surface area contributed by atoms with Crippen LogP contribution in [0.3, 0.4) is 0 Å². The van der Waals surface area contributed by atoms with Gasteiger partial charge in [0.05, 0.1) is 12.0 Å². The maximum Gasteiger partial charge on any atom is 0.310 e. The van der Waals surface area contributed by atoms with Crippen LogP contribution in [0.5, 0.6) is 0 Å². The molecule has 136 valence electrons. The molecule has 0 saturated carbocycles. The predicted octanol–water partition coefficient (Wildman–Crippen LogP) is 3.21. The van der Waals surface area contributed by atoms with Gasteiger partial charge in [0.2, 0.25) is 0 Å². The molecule has 1 heterocycles. The van der Waals surface area contributed by atoms with E-state index in [0.29, 0.717) is 12.8 Å². The number of rotatable bonds is 6. The molecule has 26 heavy (non-hydrogen) atoms. The summed E-state index contributed by atoms with van der Waals surface area (Å²) >= 11 is 0. The van der Waals surface area contributed by atoms with Gasteiger partial charge in [-0.3, -0.25) is 4.79 Å². The lowest BCUT2D eigenvalue weighted by atomic mass is 9.90. The van der Waals surface area contributed by atoms with E-state index < -0.39 is 12.1 Å². The SMILES string of the molecule is O=C(OCc1ccccc1)[C@H]1CC=[N+]([O-])C(C[C@H](O)c2ccccc2)C1. The molecule has 0 radical (unpaired) electrons. The van der Waals surface area contributed by atoms with E-state index in [1.54, 1.807) is 0 Å². The lowest BCUT2D eigenvalue weighted by Gasteiger charge is -2.27. The van der Waals surface area contributed by atoms with Gasteiger partial charge in [0.1, 0.15) is 6.61 Å². The van der Waals surface area contributed by atoms with Crippen LogP contribution < -0.4 is 0 Å². The van der Waals surface area contributed by atoms with Crippen molar-refractivity contribution in [1.29, 1.82) is 0 Å². The third kappa shape index (κ3) is 4.70. The zero-order valence-corrected chi connectivity index (χ0v) is 14.5. The average Bonchev–Trinajstić information content (AvgIpc) is 2.69. The summed E-state index contributed by atoms with van der Waals surface area (Å²) in [6, 6.07) is 18.3. The molecule has 0 saturated heterocycles. The Morgan fingerprint density at radius 2 is 1.81 bits per heavy atom. The molecule has 1 unspecified atom stereocenters. The Labute approximate surface area is 153 Å². The topological polar surface area (TPSA) is 72.6 Å². The molecule has 1 N–H and O–H groups in total. The van der Waals surface area contributed by atoms with Gasteiger partial charge in [-0.05, 0) is 11.1 Å². The Kier molecular flexibility index (Phi) is 6.02. The molecule has 1 aliphatic heterocycles. The molecule has 3 rings (SSSR count). The first-order valence-electron chi connectivity index (χ1n) is 8.86. The van der Waals surface area contributed by atoms with E-state index in [-0.39, 0.29) is 24.9 Å². The van der Waals surface area contributed by atoms with Gasteiger partial charge in [-0.15, -0.1) is 0 Å². The Morgan fingerprint density at radius 3 is 2.50 bits per heavy atom. The van der Waals surface area contributed by atoms with Crippen molar-refractivity contribution in [2.45, 2.75) is 38.0 Å². The van der Waals surface area contributed by atoms with Crippen LogP contribution in [0.25, 0.3) is 0 Å². The Morgan fingerprint density at radius 1 is 1.15 bits per heavy atom. The van der Waals surface area contributed by atoms with Gasteiger partial charge in [-0.1, -0.05) is 60.7 Å². The predicted molar refractivity (Wildman–Crippen MR) is 98.5 cm³/mol. The van der Waals surface area contributed by atoms with E-state index >= 15 is 0 Å². The maximum absolute atomic E-state index is 12.4. The fourth-order valence-electron chi connectivity index (χ4n) is 3.22. The summed E-state index contributed by atoms with van der Waals surface area (Å²) in [5.41, 5.74) is 1.71. The molecule has 0 spiro atoms. The number of carbonyl (C=O) groups excluding carboxylic acids is 1. The molecule has 2 aromatic carbocycles. The summed E-state index contributed by atoms with van der Waals surface area (Å²) in [6.07, 6.45) is 1.80. The van der Waals surface area contributed by atoms with Crippen LogP contribution in [-0.2, 0) is 16.1 Å². The van der Waals surface area contributed by atoms with Crippen molar-refractivity contribution < 1.29 is 19.4 Å². The summed E-state index contributed by atoms with van der Waals surface area (Å²) in [6.45, 7) is 0.231. The van der Waals surface area contributed by atoms with Crippen molar-refractivity contribution in [3.8, 4) is 0 Å². The van der Waals surface area contributed by atoms with Crippen LogP contribution in [0.15, 0.2) is 60.7 Å². The van der Waals surface area contributed by atoms with Gasteiger partial charge in [-0.25, -0.2) is 4.74 Å². The van der Waals surface area contributed by atoms with E-state index in [0.717, 1.165) is 15.9 Å². The van der Waals surface area contributed by atoms with Crippen molar-refractivity contribution in [2.24, 2.45) is 5.92 Å². The summed E-state index contributed by atoms with van der Waals surface area (Å²) in [7, 11) is 0. The van der Waals surface area contributed by atoms with Gasteiger partial charge < -0.3 is 15.1 Å². The number of esters is 1. The number of ether oxygens (including phenoxy) is 1. The number of benzene rings is 2. The summed E-state index contributed by atoms with van der Waals surface area (Å²) in [4.78, 5) is 12.4. The highest BCUT2D eigenvalue weighted by Gasteiger charge is 2.34. The molecule has 0 bridgehead atoms. The second kappa shape index (κ2) is 8.63. The van der Waals surface area contributed by atoms with Crippen LogP contribution in [0.1, 0.15) is 36.5 Å². The van der Waals surface area contributed by atoms with Crippen LogP contribution in [0.2, 0.25) is 0 Å². The zero-order chi connectivity index (χ0) is 18.4. The van der Waals surface area contributed by atoms with Gasteiger partial charge in [-0.2, -0.15) is 0 Å². The molecule has 5 nitrogen and oxygen atoms in total. The number of aliphatic hydroxyl groups is 1. The molecule has 1 aliphatic rings. The molecule has 3 atom stereocenters. The highest BCUT2D eigenvalue weighted by Crippen LogP contribution is 2.26. The van der Waals surface area contributed by atoms with Crippen molar-refractivity contribution >= 4 is 12.2 Å². The minimum Gasteiger partial charge on any atom is -0.624 e. The van der Waals surface area contributed by atoms with Gasteiger partial charge in [0, 0.05) is 19.3 Å². The highest BCUT2D eigenvalue weighted by molar-refractivity contribution is 5.76. The Balaban J connectivity index is 1.57. The number of carbonyl (C=O) groups is 1. The van der Waals surface area contributed by atoms with Crippen molar-refractivity contribution in [1.82, 2.24) is 0 Å². The molecular formula is C21H23NO4. The van der Waals surface area contributed by atoms with E-state index in [2.05, 4.69) is 0 Å². The maximum atomic E-state index is 12.4. The molecule has 0 amide bonds. The Hall–Kier alpha value is -2.66. The minimum atomic E-state index is -0.731. The number of aliphatic hydroxyl groups excluding tert-OH is 1. The monoisotopic (exact) mass is 353 g/mol. The van der Waals surface area contributed by atoms with Gasteiger partial charge >= 0.3 is 5.97 Å². The summed E-state index contributed by atoms with van der Waals surface area (Å²) in [5, 5.41) is 22.5. The Bertz CT molecular complexity index is 745. The second-order valence-corrected chi connectivity index (χ2v) is 6.62. The van der Waals surface area contributed by atoms with Crippen LogP contribution in [0, 0.1) is 11.1 Å². The third-order valence-corrected chi connectivity index (χ3v) is 4.72. The quantitative estimate of drug-likeness (QED) is 0.492. The van der Waals surface area contributed by atoms with E-state index in [4.69, 9.17) is 4.74 Å². The molecule has 0 aliphatic carbocycles. The fourth-order valence-corrected chi connectivity index (χ4v) is 3.22. The first kappa shape index (κ1) is 18.1. The van der Waals surface area contributed by atoms with Crippen LogP contribution in [-0.4, -0.2) is 28.1 Å². The van der Waals surface area contributed by atoms with Gasteiger partial charge in [0.15, 0.2) is 12.3 Å². The molecule has 5 heteroatoms. The van der Waals surface area contributed by atoms with E-state index in [1.165, 1.54) is 6.21 Å².